The van der Waals surface area contributed by atoms with Crippen molar-refractivity contribution >= 4 is 5.91 Å². The molecule has 0 bridgehead atoms. The molecule has 0 saturated carbocycles. The van der Waals surface area contributed by atoms with Crippen LogP contribution in [0.4, 0.5) is 0 Å². The van der Waals surface area contributed by atoms with E-state index in [0.717, 1.165) is 11.1 Å². The van der Waals surface area contributed by atoms with Crippen LogP contribution >= 0.6 is 0 Å². The summed E-state index contributed by atoms with van der Waals surface area (Å²) in [5.41, 5.74) is 4.30. The summed E-state index contributed by atoms with van der Waals surface area (Å²) in [6.07, 6.45) is -0.928. The van der Waals surface area contributed by atoms with Gasteiger partial charge in [0, 0.05) is 0 Å². The van der Waals surface area contributed by atoms with Crippen molar-refractivity contribution in [3.63, 3.8) is 0 Å². The molecule has 2 aromatic rings. The molecule has 2 aromatic carbocycles. The Hall–Kier alpha value is -2.21. The van der Waals surface area contributed by atoms with Gasteiger partial charge in [-0.3, -0.25) is 9.63 Å². The van der Waals surface area contributed by atoms with Crippen LogP contribution in [0.2, 0.25) is 0 Å². The summed E-state index contributed by atoms with van der Waals surface area (Å²) in [5, 5.41) is 9.77. The molecule has 0 aliphatic heterocycles. The van der Waals surface area contributed by atoms with Gasteiger partial charge in [0.2, 0.25) is 5.91 Å². The largest absolute Gasteiger partial charge is 0.390 e. The van der Waals surface area contributed by atoms with E-state index in [4.69, 9.17) is 9.57 Å². The third-order valence-corrected chi connectivity index (χ3v) is 3.11. The van der Waals surface area contributed by atoms with Gasteiger partial charge in [0.1, 0.15) is 0 Å². The molecule has 0 unspecified atom stereocenters. The molecular formula is C18H21NO4. The zero-order chi connectivity index (χ0) is 16.3. The van der Waals surface area contributed by atoms with Gasteiger partial charge >= 0.3 is 0 Å². The van der Waals surface area contributed by atoms with Gasteiger partial charge in [0.15, 0.2) is 0 Å². The number of amides is 1. The van der Waals surface area contributed by atoms with Crippen molar-refractivity contribution in [3.05, 3.63) is 71.8 Å². The SMILES string of the molecule is O=C(C[C@H](O)COCc1ccccc1)NOCc1ccccc1. The van der Waals surface area contributed by atoms with E-state index in [1.54, 1.807) is 0 Å². The van der Waals surface area contributed by atoms with Gasteiger partial charge in [-0.05, 0) is 11.1 Å². The number of carbonyl (C=O) groups excluding carboxylic acids is 1. The van der Waals surface area contributed by atoms with Crippen LogP contribution in [-0.4, -0.2) is 23.7 Å². The molecule has 5 heteroatoms. The number of hydrogen-bond donors (Lipinski definition) is 2. The van der Waals surface area contributed by atoms with Crippen molar-refractivity contribution in [2.24, 2.45) is 0 Å². The van der Waals surface area contributed by atoms with E-state index in [0.29, 0.717) is 6.61 Å². The maximum absolute atomic E-state index is 11.6. The lowest BCUT2D eigenvalue weighted by molar-refractivity contribution is -0.137. The smallest absolute Gasteiger partial charge is 0.246 e. The van der Waals surface area contributed by atoms with E-state index in [-0.39, 0.29) is 25.5 Å². The molecule has 0 radical (unpaired) electrons. The molecule has 1 atom stereocenters. The summed E-state index contributed by atoms with van der Waals surface area (Å²) in [6.45, 7) is 0.790. The van der Waals surface area contributed by atoms with Gasteiger partial charge in [0.05, 0.1) is 32.3 Å². The van der Waals surface area contributed by atoms with E-state index in [9.17, 15) is 9.90 Å². The fourth-order valence-electron chi connectivity index (χ4n) is 1.98. The first kappa shape index (κ1) is 17.1. The molecule has 2 N–H and O–H groups in total. The summed E-state index contributed by atoms with van der Waals surface area (Å²) < 4.78 is 5.39. The van der Waals surface area contributed by atoms with Crippen molar-refractivity contribution in [2.45, 2.75) is 25.7 Å². The molecule has 0 aliphatic carbocycles. The molecule has 0 aromatic heterocycles. The molecule has 1 amide bonds. The first-order chi connectivity index (χ1) is 11.2. The molecule has 0 fully saturated rings. The molecule has 0 aliphatic rings. The molecule has 23 heavy (non-hydrogen) atoms. The first-order valence-electron chi connectivity index (χ1n) is 7.48. The summed E-state index contributed by atoms with van der Waals surface area (Å²) in [7, 11) is 0. The third-order valence-electron chi connectivity index (χ3n) is 3.11. The highest BCUT2D eigenvalue weighted by Gasteiger charge is 2.11. The number of hydrogen-bond acceptors (Lipinski definition) is 4. The lowest BCUT2D eigenvalue weighted by Crippen LogP contribution is -2.29. The van der Waals surface area contributed by atoms with E-state index < -0.39 is 6.10 Å². The van der Waals surface area contributed by atoms with Gasteiger partial charge in [0.25, 0.3) is 0 Å². The van der Waals surface area contributed by atoms with Gasteiger partial charge in [-0.25, -0.2) is 5.48 Å². The molecule has 2 rings (SSSR count). The molecule has 0 heterocycles. The van der Waals surface area contributed by atoms with Crippen molar-refractivity contribution < 1.29 is 19.5 Å². The van der Waals surface area contributed by atoms with Crippen molar-refractivity contribution in [1.29, 1.82) is 0 Å². The summed E-state index contributed by atoms with van der Waals surface area (Å²) in [4.78, 5) is 16.7. The summed E-state index contributed by atoms with van der Waals surface area (Å²) >= 11 is 0. The van der Waals surface area contributed by atoms with Gasteiger partial charge in [-0.15, -0.1) is 0 Å². The molecule has 5 nitrogen and oxygen atoms in total. The van der Waals surface area contributed by atoms with Crippen molar-refractivity contribution in [3.8, 4) is 0 Å². The van der Waals surface area contributed by atoms with Crippen LogP contribution in [0, 0.1) is 0 Å². The molecule has 0 saturated heterocycles. The number of nitrogens with one attached hydrogen (secondary N) is 1. The van der Waals surface area contributed by atoms with Crippen LogP contribution < -0.4 is 5.48 Å². The zero-order valence-corrected chi connectivity index (χ0v) is 12.9. The zero-order valence-electron chi connectivity index (χ0n) is 12.9. The minimum atomic E-state index is -0.862. The monoisotopic (exact) mass is 315 g/mol. The summed E-state index contributed by atoms with van der Waals surface area (Å²) in [6, 6.07) is 19.2. The third kappa shape index (κ3) is 7.06. The van der Waals surface area contributed by atoms with Crippen LogP contribution in [0.15, 0.2) is 60.7 Å². The van der Waals surface area contributed by atoms with Gasteiger partial charge in [-0.2, -0.15) is 0 Å². The number of hydroxylamine groups is 1. The molecule has 122 valence electrons. The van der Waals surface area contributed by atoms with Crippen LogP contribution in [0.1, 0.15) is 17.5 Å². The maximum Gasteiger partial charge on any atom is 0.246 e. The normalized spacial score (nSPS) is 11.9. The number of ether oxygens (including phenoxy) is 1. The Balaban J connectivity index is 1.57. The topological polar surface area (TPSA) is 67.8 Å². The highest BCUT2D eigenvalue weighted by molar-refractivity contribution is 5.75. The number of benzene rings is 2. The van der Waals surface area contributed by atoms with Gasteiger partial charge in [-0.1, -0.05) is 60.7 Å². The number of aliphatic hydroxyl groups excluding tert-OH is 1. The quantitative estimate of drug-likeness (QED) is 0.696. The fraction of sp³-hybridized carbons (Fsp3) is 0.278. The van der Waals surface area contributed by atoms with Crippen molar-refractivity contribution in [2.75, 3.05) is 6.61 Å². The lowest BCUT2D eigenvalue weighted by atomic mass is 10.2. The molecular weight excluding hydrogens is 294 g/mol. The summed E-state index contributed by atoms with van der Waals surface area (Å²) in [5.74, 6) is -0.378. The number of carbonyl (C=O) groups is 1. The minimum Gasteiger partial charge on any atom is -0.390 e. The molecule has 0 spiro atoms. The maximum atomic E-state index is 11.6. The Kier molecular flexibility index (Phi) is 7.26. The number of aliphatic hydroxyl groups is 1. The predicted octanol–water partition coefficient (Wildman–Crippen LogP) is 2.20. The second kappa shape index (κ2) is 9.74. The predicted molar refractivity (Wildman–Crippen MR) is 86.1 cm³/mol. The lowest BCUT2D eigenvalue weighted by Gasteiger charge is -2.11. The Morgan fingerprint density at radius 3 is 2.13 bits per heavy atom. The van der Waals surface area contributed by atoms with E-state index in [1.807, 2.05) is 60.7 Å². The first-order valence-corrected chi connectivity index (χ1v) is 7.48. The van der Waals surface area contributed by atoms with Crippen LogP contribution in [0.3, 0.4) is 0 Å². The standard InChI is InChI=1S/C18H21NO4/c20-17(14-22-12-15-7-3-1-4-8-15)11-18(21)19-23-13-16-9-5-2-6-10-16/h1-10,17,20H,11-14H2,(H,19,21)/t17-/m0/s1. The Labute approximate surface area is 135 Å². The average Bonchev–Trinajstić information content (AvgIpc) is 2.57. The van der Waals surface area contributed by atoms with E-state index in [2.05, 4.69) is 5.48 Å². The van der Waals surface area contributed by atoms with E-state index in [1.165, 1.54) is 0 Å². The average molecular weight is 315 g/mol. The fourth-order valence-corrected chi connectivity index (χ4v) is 1.98. The number of rotatable bonds is 9. The van der Waals surface area contributed by atoms with E-state index >= 15 is 0 Å². The second-order valence-electron chi connectivity index (χ2n) is 5.16. The van der Waals surface area contributed by atoms with Crippen LogP contribution in [-0.2, 0) is 27.6 Å². The van der Waals surface area contributed by atoms with Crippen molar-refractivity contribution in [1.82, 2.24) is 5.48 Å². The highest BCUT2D eigenvalue weighted by Crippen LogP contribution is 2.03. The Morgan fingerprint density at radius 1 is 0.957 bits per heavy atom. The second-order valence-corrected chi connectivity index (χ2v) is 5.16. The Morgan fingerprint density at radius 2 is 1.52 bits per heavy atom. The minimum absolute atomic E-state index is 0.0659. The van der Waals surface area contributed by atoms with Gasteiger partial charge < -0.3 is 9.84 Å². The Bertz CT molecular complexity index is 574. The van der Waals surface area contributed by atoms with Crippen LogP contribution in [0.25, 0.3) is 0 Å². The highest BCUT2D eigenvalue weighted by atomic mass is 16.6. The van der Waals surface area contributed by atoms with Crippen LogP contribution in [0.5, 0.6) is 0 Å².